The van der Waals surface area contributed by atoms with Gasteiger partial charge in [-0.3, -0.25) is 4.90 Å². The first-order chi connectivity index (χ1) is 12.3. The number of aromatic nitrogens is 1. The molecule has 1 aromatic rings. The number of pyridine rings is 1. The third-order valence-corrected chi connectivity index (χ3v) is 6.56. The summed E-state index contributed by atoms with van der Waals surface area (Å²) in [5, 5.41) is 0. The molecule has 1 atom stereocenters. The van der Waals surface area contributed by atoms with E-state index >= 15 is 0 Å². The number of carbonyl (C=O) groups is 1. The molecule has 0 saturated carbocycles. The molecule has 2 saturated heterocycles. The van der Waals surface area contributed by atoms with E-state index in [0.717, 1.165) is 25.0 Å². The van der Waals surface area contributed by atoms with Crippen LogP contribution in [0.4, 0.5) is 10.6 Å². The molecule has 2 aliphatic rings. The van der Waals surface area contributed by atoms with Crippen LogP contribution in [-0.4, -0.2) is 55.8 Å². The van der Waals surface area contributed by atoms with Crippen molar-refractivity contribution >= 4 is 21.9 Å². The smallest absolute Gasteiger partial charge is 0.415 e. The Labute approximate surface area is 155 Å². The highest BCUT2D eigenvalue weighted by atomic mass is 32.2. The summed E-state index contributed by atoms with van der Waals surface area (Å²) in [4.78, 5) is 18.5. The Hall–Kier alpha value is -1.67. The van der Waals surface area contributed by atoms with E-state index in [1.165, 1.54) is 6.26 Å². The number of nitrogens with zero attached hydrogens (tertiary/aromatic N) is 3. The first-order valence-electron chi connectivity index (χ1n) is 9.12. The number of hydrogen-bond acceptors (Lipinski definition) is 5. The van der Waals surface area contributed by atoms with Crippen molar-refractivity contribution in [1.82, 2.24) is 9.29 Å². The van der Waals surface area contributed by atoms with Crippen LogP contribution in [0.2, 0.25) is 0 Å². The molecule has 1 amide bonds. The number of piperidine rings is 1. The quantitative estimate of drug-likeness (QED) is 0.782. The number of ether oxygens (including phenoxy) is 1. The molecular weight excluding hydrogens is 354 g/mol. The molecule has 0 radical (unpaired) electrons. The minimum Gasteiger partial charge on any atom is -0.447 e. The van der Waals surface area contributed by atoms with Crippen molar-refractivity contribution in [1.29, 1.82) is 0 Å². The Morgan fingerprint density at radius 3 is 2.58 bits per heavy atom. The number of rotatable bonds is 5. The predicted octanol–water partition coefficient (Wildman–Crippen LogP) is 2.28. The molecule has 0 bridgehead atoms. The molecule has 3 rings (SSSR count). The van der Waals surface area contributed by atoms with Crippen LogP contribution in [0.25, 0.3) is 0 Å². The van der Waals surface area contributed by atoms with Crippen molar-refractivity contribution in [2.75, 3.05) is 30.9 Å². The SMILES string of the molecule is CC(C)C1COC(=O)N1c1cccc(CC2CCN(S(C)(=O)=O)CC2)n1. The van der Waals surface area contributed by atoms with E-state index in [1.54, 1.807) is 9.21 Å². The van der Waals surface area contributed by atoms with Crippen LogP contribution in [0, 0.1) is 11.8 Å². The molecule has 0 N–H and O–H groups in total. The third-order valence-electron chi connectivity index (χ3n) is 5.25. The van der Waals surface area contributed by atoms with Crippen LogP contribution in [0.5, 0.6) is 0 Å². The molecule has 1 aromatic heterocycles. The van der Waals surface area contributed by atoms with Crippen molar-refractivity contribution in [3.05, 3.63) is 23.9 Å². The number of carbonyl (C=O) groups excluding carboxylic acids is 1. The van der Waals surface area contributed by atoms with Gasteiger partial charge in [0.1, 0.15) is 12.4 Å². The minimum atomic E-state index is -3.10. The van der Waals surface area contributed by atoms with E-state index in [9.17, 15) is 13.2 Å². The van der Waals surface area contributed by atoms with Crippen molar-refractivity contribution in [2.45, 2.75) is 39.2 Å². The summed E-state index contributed by atoms with van der Waals surface area (Å²) in [6, 6.07) is 5.74. The zero-order chi connectivity index (χ0) is 18.9. The van der Waals surface area contributed by atoms with E-state index in [1.807, 2.05) is 18.2 Å². The van der Waals surface area contributed by atoms with Crippen molar-refractivity contribution < 1.29 is 17.9 Å². The molecule has 0 spiro atoms. The van der Waals surface area contributed by atoms with Crippen molar-refractivity contribution in [3.63, 3.8) is 0 Å². The molecule has 2 fully saturated rings. The molecular formula is C18H27N3O4S. The Morgan fingerprint density at radius 2 is 1.96 bits per heavy atom. The first kappa shape index (κ1) is 19.1. The highest BCUT2D eigenvalue weighted by molar-refractivity contribution is 7.88. The highest BCUT2D eigenvalue weighted by Gasteiger charge is 2.37. The topological polar surface area (TPSA) is 79.8 Å². The third kappa shape index (κ3) is 4.17. The van der Waals surface area contributed by atoms with Gasteiger partial charge in [0.15, 0.2) is 0 Å². The largest absolute Gasteiger partial charge is 0.447 e. The monoisotopic (exact) mass is 381 g/mol. The van der Waals surface area contributed by atoms with Crippen molar-refractivity contribution in [2.24, 2.45) is 11.8 Å². The summed E-state index contributed by atoms with van der Waals surface area (Å²) in [7, 11) is -3.10. The first-order valence-corrected chi connectivity index (χ1v) is 11.0. The summed E-state index contributed by atoms with van der Waals surface area (Å²) in [5.74, 6) is 1.33. The average Bonchev–Trinajstić information content (AvgIpc) is 2.97. The second-order valence-corrected chi connectivity index (χ2v) is 9.54. The Morgan fingerprint density at radius 1 is 1.27 bits per heavy atom. The lowest BCUT2D eigenvalue weighted by molar-refractivity contribution is 0.177. The molecule has 0 aliphatic carbocycles. The van der Waals surface area contributed by atoms with E-state index in [2.05, 4.69) is 13.8 Å². The standard InChI is InChI=1S/C18H27N3O4S/c1-13(2)16-12-25-18(22)21(16)17-6-4-5-15(19-17)11-14-7-9-20(10-8-14)26(3,23)24/h4-6,13-14,16H,7-12H2,1-3H3. The summed E-state index contributed by atoms with van der Waals surface area (Å²) >= 11 is 0. The molecule has 0 aromatic carbocycles. The van der Waals surface area contributed by atoms with E-state index in [-0.39, 0.29) is 18.1 Å². The minimum absolute atomic E-state index is 0.00301. The normalized spacial score (nSPS) is 22.8. The van der Waals surface area contributed by atoms with Gasteiger partial charge in [-0.05, 0) is 43.2 Å². The second-order valence-electron chi connectivity index (χ2n) is 7.55. The molecule has 8 heteroatoms. The Bertz CT molecular complexity index is 757. The zero-order valence-electron chi connectivity index (χ0n) is 15.6. The lowest BCUT2D eigenvalue weighted by atomic mass is 9.93. The number of amides is 1. The fraction of sp³-hybridized carbons (Fsp3) is 0.667. The van der Waals surface area contributed by atoms with Crippen LogP contribution >= 0.6 is 0 Å². The van der Waals surface area contributed by atoms with Crippen LogP contribution in [0.3, 0.4) is 0 Å². The molecule has 1 unspecified atom stereocenters. The summed E-state index contributed by atoms with van der Waals surface area (Å²) < 4.78 is 30.0. The molecule has 7 nitrogen and oxygen atoms in total. The maximum Gasteiger partial charge on any atom is 0.415 e. The van der Waals surface area contributed by atoms with Gasteiger partial charge in [-0.15, -0.1) is 0 Å². The maximum absolute atomic E-state index is 12.1. The second kappa shape index (κ2) is 7.52. The summed E-state index contributed by atoms with van der Waals surface area (Å²) in [6.07, 6.45) is 3.38. The number of hydrogen-bond donors (Lipinski definition) is 0. The van der Waals surface area contributed by atoms with Gasteiger partial charge >= 0.3 is 6.09 Å². The Balaban J connectivity index is 1.68. The Kier molecular flexibility index (Phi) is 5.53. The van der Waals surface area contributed by atoms with Crippen LogP contribution in [0.1, 0.15) is 32.4 Å². The zero-order valence-corrected chi connectivity index (χ0v) is 16.4. The molecule has 3 heterocycles. The van der Waals surface area contributed by atoms with Gasteiger partial charge in [0, 0.05) is 18.8 Å². The van der Waals surface area contributed by atoms with Gasteiger partial charge in [-0.25, -0.2) is 22.5 Å². The van der Waals surface area contributed by atoms with Gasteiger partial charge in [0.2, 0.25) is 10.0 Å². The highest BCUT2D eigenvalue weighted by Crippen LogP contribution is 2.27. The van der Waals surface area contributed by atoms with E-state index < -0.39 is 10.0 Å². The van der Waals surface area contributed by atoms with Crippen LogP contribution in [-0.2, 0) is 21.2 Å². The number of sulfonamides is 1. The van der Waals surface area contributed by atoms with E-state index in [0.29, 0.717) is 31.4 Å². The van der Waals surface area contributed by atoms with Gasteiger partial charge in [-0.2, -0.15) is 0 Å². The lowest BCUT2D eigenvalue weighted by Gasteiger charge is -2.30. The number of cyclic esters (lactones) is 1. The lowest BCUT2D eigenvalue weighted by Crippen LogP contribution is -2.38. The van der Waals surface area contributed by atoms with Gasteiger partial charge < -0.3 is 4.74 Å². The molecule has 144 valence electrons. The average molecular weight is 381 g/mol. The van der Waals surface area contributed by atoms with Crippen LogP contribution < -0.4 is 4.90 Å². The fourth-order valence-electron chi connectivity index (χ4n) is 3.65. The maximum atomic E-state index is 12.1. The number of anilines is 1. The fourth-order valence-corrected chi connectivity index (χ4v) is 4.52. The van der Waals surface area contributed by atoms with Gasteiger partial charge in [-0.1, -0.05) is 19.9 Å². The van der Waals surface area contributed by atoms with Gasteiger partial charge in [0.25, 0.3) is 0 Å². The predicted molar refractivity (Wildman–Crippen MR) is 99.5 cm³/mol. The van der Waals surface area contributed by atoms with Crippen molar-refractivity contribution in [3.8, 4) is 0 Å². The van der Waals surface area contributed by atoms with E-state index in [4.69, 9.17) is 9.72 Å². The molecule has 26 heavy (non-hydrogen) atoms. The van der Waals surface area contributed by atoms with Crippen LogP contribution in [0.15, 0.2) is 18.2 Å². The van der Waals surface area contributed by atoms with Gasteiger partial charge in [0.05, 0.1) is 12.3 Å². The molecule has 2 aliphatic heterocycles. The summed E-state index contributed by atoms with van der Waals surface area (Å²) in [5.41, 5.74) is 0.933. The summed E-state index contributed by atoms with van der Waals surface area (Å²) in [6.45, 7) is 5.67.